The monoisotopic (exact) mass is 243 g/mol. The molecular formula is C13H19ClFN. The van der Waals surface area contributed by atoms with Crippen LogP contribution < -0.4 is 5.32 Å². The molecule has 0 aliphatic rings. The minimum Gasteiger partial charge on any atom is -0.312 e. The standard InChI is InChI=1S/C13H19ClFN/c1-13(2,3)16-8-4-5-10-6-7-11(14)12(15)9-10/h6-7,9,16H,4-5,8H2,1-3H3. The normalized spacial score (nSPS) is 11.8. The van der Waals surface area contributed by atoms with E-state index in [0.29, 0.717) is 0 Å². The highest BCUT2D eigenvalue weighted by Gasteiger charge is 2.07. The Morgan fingerprint density at radius 2 is 2.00 bits per heavy atom. The van der Waals surface area contributed by atoms with Gasteiger partial charge in [0, 0.05) is 5.54 Å². The van der Waals surface area contributed by atoms with Crippen molar-refractivity contribution in [1.82, 2.24) is 5.32 Å². The number of hydrogen-bond donors (Lipinski definition) is 1. The molecule has 0 amide bonds. The van der Waals surface area contributed by atoms with E-state index in [1.807, 2.05) is 6.07 Å². The van der Waals surface area contributed by atoms with E-state index in [9.17, 15) is 4.39 Å². The van der Waals surface area contributed by atoms with Gasteiger partial charge in [-0.1, -0.05) is 17.7 Å². The number of rotatable bonds is 4. The van der Waals surface area contributed by atoms with Crippen molar-refractivity contribution in [2.24, 2.45) is 0 Å². The molecule has 0 spiro atoms. The van der Waals surface area contributed by atoms with E-state index >= 15 is 0 Å². The van der Waals surface area contributed by atoms with E-state index in [1.54, 1.807) is 6.07 Å². The van der Waals surface area contributed by atoms with Gasteiger partial charge in [0.1, 0.15) is 5.82 Å². The molecule has 0 radical (unpaired) electrons. The van der Waals surface area contributed by atoms with E-state index in [0.717, 1.165) is 24.9 Å². The Bertz CT molecular complexity index is 344. The maximum absolute atomic E-state index is 13.1. The first-order valence-corrected chi connectivity index (χ1v) is 5.95. The molecule has 1 aromatic carbocycles. The van der Waals surface area contributed by atoms with Crippen molar-refractivity contribution >= 4 is 11.6 Å². The topological polar surface area (TPSA) is 12.0 Å². The molecule has 0 saturated heterocycles. The van der Waals surface area contributed by atoms with Gasteiger partial charge in [-0.3, -0.25) is 0 Å². The summed E-state index contributed by atoms with van der Waals surface area (Å²) in [5, 5.41) is 3.59. The zero-order valence-corrected chi connectivity index (χ0v) is 10.9. The lowest BCUT2D eigenvalue weighted by atomic mass is 10.1. The molecule has 0 atom stereocenters. The van der Waals surface area contributed by atoms with E-state index in [4.69, 9.17) is 11.6 Å². The largest absolute Gasteiger partial charge is 0.312 e. The molecule has 0 heterocycles. The van der Waals surface area contributed by atoms with Gasteiger partial charge in [-0.05, 0) is 57.9 Å². The van der Waals surface area contributed by atoms with Crippen molar-refractivity contribution < 1.29 is 4.39 Å². The molecule has 90 valence electrons. The van der Waals surface area contributed by atoms with Gasteiger partial charge in [0.15, 0.2) is 0 Å². The summed E-state index contributed by atoms with van der Waals surface area (Å²) in [6.45, 7) is 7.34. The fraction of sp³-hybridized carbons (Fsp3) is 0.538. The molecule has 1 nitrogen and oxygen atoms in total. The second-order valence-corrected chi connectivity index (χ2v) is 5.44. The van der Waals surface area contributed by atoms with Crippen LogP contribution in [0.15, 0.2) is 18.2 Å². The highest BCUT2D eigenvalue weighted by atomic mass is 35.5. The van der Waals surface area contributed by atoms with Crippen LogP contribution in [0.5, 0.6) is 0 Å². The molecule has 0 saturated carbocycles. The molecule has 16 heavy (non-hydrogen) atoms. The van der Waals surface area contributed by atoms with E-state index in [2.05, 4.69) is 26.1 Å². The molecule has 0 aromatic heterocycles. The average molecular weight is 244 g/mol. The molecule has 0 fully saturated rings. The van der Waals surface area contributed by atoms with Crippen molar-refractivity contribution in [3.63, 3.8) is 0 Å². The predicted octanol–water partition coefficient (Wildman–Crippen LogP) is 3.80. The van der Waals surface area contributed by atoms with Gasteiger partial charge in [0.05, 0.1) is 5.02 Å². The van der Waals surface area contributed by atoms with E-state index < -0.39 is 0 Å². The fourth-order valence-electron chi connectivity index (χ4n) is 1.45. The number of nitrogens with one attached hydrogen (secondary N) is 1. The van der Waals surface area contributed by atoms with Crippen molar-refractivity contribution in [1.29, 1.82) is 0 Å². The quantitative estimate of drug-likeness (QED) is 0.794. The van der Waals surface area contributed by atoms with E-state index in [-0.39, 0.29) is 16.4 Å². The minimum atomic E-state index is -0.331. The highest BCUT2D eigenvalue weighted by Crippen LogP contribution is 2.16. The molecule has 0 aliphatic heterocycles. The Hall–Kier alpha value is -0.600. The van der Waals surface area contributed by atoms with Crippen LogP contribution in [0.1, 0.15) is 32.8 Å². The predicted molar refractivity (Wildman–Crippen MR) is 67.5 cm³/mol. The Labute approximate surface area is 102 Å². The lowest BCUT2D eigenvalue weighted by Gasteiger charge is -2.20. The minimum absolute atomic E-state index is 0.144. The Morgan fingerprint density at radius 3 is 2.56 bits per heavy atom. The lowest BCUT2D eigenvalue weighted by molar-refractivity contribution is 0.422. The molecular weight excluding hydrogens is 225 g/mol. The highest BCUT2D eigenvalue weighted by molar-refractivity contribution is 6.30. The number of aryl methyl sites for hydroxylation is 1. The molecule has 0 aliphatic carbocycles. The first-order chi connectivity index (χ1) is 7.38. The Morgan fingerprint density at radius 1 is 1.31 bits per heavy atom. The number of benzene rings is 1. The van der Waals surface area contributed by atoms with Gasteiger partial charge >= 0.3 is 0 Å². The zero-order chi connectivity index (χ0) is 12.2. The van der Waals surface area contributed by atoms with Crippen LogP contribution in [0, 0.1) is 5.82 Å². The smallest absolute Gasteiger partial charge is 0.142 e. The van der Waals surface area contributed by atoms with Crippen molar-refractivity contribution in [2.75, 3.05) is 6.54 Å². The first-order valence-electron chi connectivity index (χ1n) is 5.57. The summed E-state index contributed by atoms with van der Waals surface area (Å²) in [4.78, 5) is 0. The fourth-order valence-corrected chi connectivity index (χ4v) is 1.57. The van der Waals surface area contributed by atoms with Gasteiger partial charge in [0.25, 0.3) is 0 Å². The summed E-state index contributed by atoms with van der Waals surface area (Å²) < 4.78 is 13.1. The average Bonchev–Trinajstić information content (AvgIpc) is 2.17. The molecule has 3 heteroatoms. The molecule has 1 N–H and O–H groups in total. The van der Waals surface area contributed by atoms with Crippen LogP contribution in [0.4, 0.5) is 4.39 Å². The molecule has 0 bridgehead atoms. The van der Waals surface area contributed by atoms with Gasteiger partial charge in [-0.25, -0.2) is 4.39 Å². The van der Waals surface area contributed by atoms with Crippen molar-refractivity contribution in [2.45, 2.75) is 39.2 Å². The summed E-state index contributed by atoms with van der Waals surface area (Å²) in [6.07, 6.45) is 1.87. The third-order valence-electron chi connectivity index (χ3n) is 2.28. The van der Waals surface area contributed by atoms with Crippen LogP contribution in [0.25, 0.3) is 0 Å². The molecule has 1 aromatic rings. The summed E-state index contributed by atoms with van der Waals surface area (Å²) in [5.41, 5.74) is 1.14. The van der Waals surface area contributed by atoms with Gasteiger partial charge in [-0.15, -0.1) is 0 Å². The molecule has 1 rings (SSSR count). The van der Waals surface area contributed by atoms with Gasteiger partial charge in [0.2, 0.25) is 0 Å². The zero-order valence-electron chi connectivity index (χ0n) is 10.1. The third kappa shape index (κ3) is 4.95. The Balaban J connectivity index is 2.35. The van der Waals surface area contributed by atoms with Crippen LogP contribution in [-0.2, 0) is 6.42 Å². The van der Waals surface area contributed by atoms with Crippen molar-refractivity contribution in [3.05, 3.63) is 34.6 Å². The Kier molecular flexibility index (Phi) is 4.75. The van der Waals surface area contributed by atoms with Gasteiger partial charge < -0.3 is 5.32 Å². The summed E-state index contributed by atoms with van der Waals surface area (Å²) in [5.74, 6) is -0.331. The van der Waals surface area contributed by atoms with E-state index in [1.165, 1.54) is 6.07 Å². The van der Waals surface area contributed by atoms with Crippen LogP contribution in [0.3, 0.4) is 0 Å². The summed E-state index contributed by atoms with van der Waals surface area (Å²) >= 11 is 5.61. The second kappa shape index (κ2) is 5.65. The summed E-state index contributed by atoms with van der Waals surface area (Å²) in [6, 6.07) is 5.01. The van der Waals surface area contributed by atoms with Crippen LogP contribution >= 0.6 is 11.6 Å². The summed E-state index contributed by atoms with van der Waals surface area (Å²) in [7, 11) is 0. The van der Waals surface area contributed by atoms with Crippen LogP contribution in [-0.4, -0.2) is 12.1 Å². The number of halogens is 2. The first kappa shape index (κ1) is 13.5. The molecule has 0 unspecified atom stereocenters. The second-order valence-electron chi connectivity index (χ2n) is 5.03. The van der Waals surface area contributed by atoms with Gasteiger partial charge in [-0.2, -0.15) is 0 Å². The third-order valence-corrected chi connectivity index (χ3v) is 2.59. The maximum atomic E-state index is 13.1. The maximum Gasteiger partial charge on any atom is 0.142 e. The lowest BCUT2D eigenvalue weighted by Crippen LogP contribution is -2.36. The van der Waals surface area contributed by atoms with Crippen molar-refractivity contribution in [3.8, 4) is 0 Å². The van der Waals surface area contributed by atoms with Crippen LogP contribution in [0.2, 0.25) is 5.02 Å². The number of hydrogen-bond acceptors (Lipinski definition) is 1. The SMILES string of the molecule is CC(C)(C)NCCCc1ccc(Cl)c(F)c1.